The summed E-state index contributed by atoms with van der Waals surface area (Å²) in [6.07, 6.45) is 2.64. The number of para-hydroxylation sites is 1. The molecule has 0 radical (unpaired) electrons. The number of benzene rings is 2. The molecule has 2 aromatic heterocycles. The lowest BCUT2D eigenvalue weighted by Gasteiger charge is -2.10. The Morgan fingerprint density at radius 1 is 1.25 bits per heavy atom. The van der Waals surface area contributed by atoms with Crippen molar-refractivity contribution in [2.75, 3.05) is 6.54 Å². The molecule has 0 bridgehead atoms. The molecule has 4 rings (SSSR count). The molecule has 2 heterocycles. The molecule has 28 heavy (non-hydrogen) atoms. The normalized spacial score (nSPS) is 12.6. The van der Waals surface area contributed by atoms with Gasteiger partial charge in [-0.15, -0.1) is 0 Å². The molecule has 0 aliphatic heterocycles. The van der Waals surface area contributed by atoms with E-state index in [2.05, 4.69) is 15.4 Å². The molecular weight excluding hydrogens is 398 g/mol. The van der Waals surface area contributed by atoms with Crippen LogP contribution in [0.3, 0.4) is 0 Å². The number of halogens is 1. The zero-order valence-corrected chi connectivity index (χ0v) is 16.6. The van der Waals surface area contributed by atoms with E-state index in [1.165, 1.54) is 6.07 Å². The highest BCUT2D eigenvalue weighted by molar-refractivity contribution is 7.80. The Balaban J connectivity index is 1.44. The van der Waals surface area contributed by atoms with E-state index in [0.717, 1.165) is 22.2 Å². The molecule has 0 fully saturated rings. The zero-order chi connectivity index (χ0) is 19.7. The number of pyridine rings is 1. The van der Waals surface area contributed by atoms with Crippen LogP contribution in [0.1, 0.15) is 11.3 Å². The maximum atomic E-state index is 12.5. The summed E-state index contributed by atoms with van der Waals surface area (Å²) in [5.74, 6) is -0.195. The first-order chi connectivity index (χ1) is 13.5. The number of H-pyrrole nitrogens is 1. The summed E-state index contributed by atoms with van der Waals surface area (Å²) in [5, 5.41) is 12.6. The predicted molar refractivity (Wildman–Crippen MR) is 111 cm³/mol. The Kier molecular flexibility index (Phi) is 5.32. The van der Waals surface area contributed by atoms with Crippen molar-refractivity contribution in [2.24, 2.45) is 0 Å². The second-order valence-electron chi connectivity index (χ2n) is 6.38. The van der Waals surface area contributed by atoms with Gasteiger partial charge in [0.1, 0.15) is 10.4 Å². The Hall–Kier alpha value is -2.45. The van der Waals surface area contributed by atoms with Gasteiger partial charge in [0.25, 0.3) is 0 Å². The van der Waals surface area contributed by atoms with E-state index in [1.807, 2.05) is 30.5 Å². The van der Waals surface area contributed by atoms with Crippen LogP contribution < -0.4 is 5.48 Å². The van der Waals surface area contributed by atoms with E-state index < -0.39 is 11.1 Å². The van der Waals surface area contributed by atoms with Gasteiger partial charge in [0.05, 0.1) is 5.02 Å². The summed E-state index contributed by atoms with van der Waals surface area (Å²) in [6, 6.07) is 13.0. The van der Waals surface area contributed by atoms with Gasteiger partial charge in [-0.2, -0.15) is 9.76 Å². The number of aromatic hydroxyl groups is 1. The summed E-state index contributed by atoms with van der Waals surface area (Å²) >= 11 is 4.31. The number of hydroxylamine groups is 1. The molecule has 2 aromatic carbocycles. The van der Waals surface area contributed by atoms with Crippen LogP contribution in [-0.2, 0) is 21.8 Å². The van der Waals surface area contributed by atoms with Crippen molar-refractivity contribution < 1.29 is 13.6 Å². The first-order valence-electron chi connectivity index (χ1n) is 8.70. The Labute approximate surface area is 169 Å². The fourth-order valence-electron chi connectivity index (χ4n) is 3.10. The van der Waals surface area contributed by atoms with E-state index in [1.54, 1.807) is 19.1 Å². The highest BCUT2D eigenvalue weighted by Gasteiger charge is 2.18. The molecule has 0 spiro atoms. The third-order valence-corrected chi connectivity index (χ3v) is 5.75. The van der Waals surface area contributed by atoms with Crippen LogP contribution in [0.25, 0.3) is 21.8 Å². The van der Waals surface area contributed by atoms with Gasteiger partial charge in [-0.25, -0.2) is 9.19 Å². The molecule has 1 unspecified atom stereocenters. The number of phenols is 1. The summed E-state index contributed by atoms with van der Waals surface area (Å²) in [6.45, 7) is 2.26. The Bertz CT molecular complexity index is 1190. The van der Waals surface area contributed by atoms with Crippen LogP contribution in [-0.4, -0.2) is 25.8 Å². The molecule has 6 nitrogen and oxygen atoms in total. The van der Waals surface area contributed by atoms with Crippen LogP contribution in [0.5, 0.6) is 5.75 Å². The number of nitrogens with zero attached hydrogens (tertiary/aromatic N) is 1. The lowest BCUT2D eigenvalue weighted by Crippen LogP contribution is -2.19. The largest absolute Gasteiger partial charge is 0.504 e. The first-order valence-corrected chi connectivity index (χ1v) is 10.2. The number of nitrogens with one attached hydrogen (secondary N) is 2. The molecule has 0 aliphatic carbocycles. The lowest BCUT2D eigenvalue weighted by molar-refractivity contribution is 0.222. The number of aryl methyl sites for hydroxylation is 1. The lowest BCUT2D eigenvalue weighted by atomic mass is 10.1. The van der Waals surface area contributed by atoms with E-state index in [-0.39, 0.29) is 10.6 Å². The summed E-state index contributed by atoms with van der Waals surface area (Å²) in [5.41, 5.74) is 5.93. The molecule has 0 amide bonds. The highest BCUT2D eigenvalue weighted by Crippen LogP contribution is 2.35. The van der Waals surface area contributed by atoms with Gasteiger partial charge in [0, 0.05) is 34.7 Å². The molecule has 0 aliphatic rings. The average Bonchev–Trinajstić information content (AvgIpc) is 3.11. The van der Waals surface area contributed by atoms with Gasteiger partial charge < -0.3 is 10.1 Å². The second-order valence-corrected chi connectivity index (χ2v) is 7.86. The van der Waals surface area contributed by atoms with Crippen molar-refractivity contribution in [3.8, 4) is 5.75 Å². The first kappa shape index (κ1) is 18.9. The molecule has 0 saturated carbocycles. The van der Waals surface area contributed by atoms with Crippen molar-refractivity contribution in [3.05, 3.63) is 64.9 Å². The van der Waals surface area contributed by atoms with Gasteiger partial charge in [-0.3, -0.25) is 0 Å². The second kappa shape index (κ2) is 7.89. The van der Waals surface area contributed by atoms with Gasteiger partial charge in [0.2, 0.25) is 11.1 Å². The Morgan fingerprint density at radius 2 is 2.07 bits per heavy atom. The summed E-state index contributed by atoms with van der Waals surface area (Å²) in [7, 11) is 0. The number of rotatable bonds is 6. The van der Waals surface area contributed by atoms with Crippen molar-refractivity contribution in [2.45, 2.75) is 18.2 Å². The van der Waals surface area contributed by atoms with Gasteiger partial charge in [0.15, 0.2) is 5.75 Å². The molecule has 4 aromatic rings. The van der Waals surface area contributed by atoms with Crippen LogP contribution in [0, 0.1) is 6.92 Å². The molecular formula is C20H18ClN3O3S. The number of hydrogen-bond donors (Lipinski definition) is 3. The van der Waals surface area contributed by atoms with Crippen LogP contribution in [0.4, 0.5) is 0 Å². The van der Waals surface area contributed by atoms with Crippen molar-refractivity contribution in [1.82, 2.24) is 15.4 Å². The minimum absolute atomic E-state index is 0.0789. The minimum atomic E-state index is -1.94. The number of aromatic nitrogens is 2. The average molecular weight is 416 g/mol. The minimum Gasteiger partial charge on any atom is -0.504 e. The number of hydrogen-bond acceptors (Lipinski definition) is 5. The Morgan fingerprint density at radius 3 is 2.93 bits per heavy atom. The molecule has 0 saturated heterocycles. The monoisotopic (exact) mass is 415 g/mol. The van der Waals surface area contributed by atoms with E-state index in [0.29, 0.717) is 28.9 Å². The number of aromatic amines is 1. The van der Waals surface area contributed by atoms with Crippen LogP contribution >= 0.6 is 11.6 Å². The summed E-state index contributed by atoms with van der Waals surface area (Å²) in [4.78, 5) is 7.58. The maximum Gasteiger partial charge on any atom is 0.210 e. The van der Waals surface area contributed by atoms with Gasteiger partial charge >= 0.3 is 0 Å². The maximum absolute atomic E-state index is 12.5. The number of fused-ring (bicyclic) bond motifs is 2. The fraction of sp³-hybridized carbons (Fsp3) is 0.150. The fourth-order valence-corrected chi connectivity index (χ4v) is 4.17. The SMILES string of the molecule is Cc1ccc2c(Cl)cc(S(=O)ONCCc3c[nH]c4ccccc34)c(O)c2n1. The third-order valence-electron chi connectivity index (χ3n) is 4.49. The predicted octanol–water partition coefficient (Wildman–Crippen LogP) is 4.17. The van der Waals surface area contributed by atoms with Crippen molar-refractivity contribution in [3.63, 3.8) is 0 Å². The third kappa shape index (κ3) is 3.62. The van der Waals surface area contributed by atoms with E-state index in [9.17, 15) is 9.32 Å². The quantitative estimate of drug-likeness (QED) is 0.325. The molecule has 3 N–H and O–H groups in total. The van der Waals surface area contributed by atoms with Crippen LogP contribution in [0.2, 0.25) is 5.02 Å². The zero-order valence-electron chi connectivity index (χ0n) is 15.0. The van der Waals surface area contributed by atoms with E-state index in [4.69, 9.17) is 15.9 Å². The number of phenolic OH excluding ortho intramolecular Hbond substituents is 1. The topological polar surface area (TPSA) is 87.2 Å². The van der Waals surface area contributed by atoms with Gasteiger partial charge in [-0.05, 0) is 43.2 Å². The highest BCUT2D eigenvalue weighted by atomic mass is 35.5. The molecule has 8 heteroatoms. The van der Waals surface area contributed by atoms with Crippen molar-refractivity contribution in [1.29, 1.82) is 0 Å². The molecule has 144 valence electrons. The van der Waals surface area contributed by atoms with Gasteiger partial charge in [-0.1, -0.05) is 29.8 Å². The smallest absolute Gasteiger partial charge is 0.210 e. The standard InChI is InChI=1S/C20H18ClN3O3S/c1-12-6-7-15-16(21)10-18(20(25)19(15)24-12)28(26)27-23-9-8-13-11-22-17-5-3-2-4-14(13)17/h2-7,10-11,22-23,25H,8-9H2,1H3. The van der Waals surface area contributed by atoms with Crippen LogP contribution in [0.15, 0.2) is 53.6 Å². The summed E-state index contributed by atoms with van der Waals surface area (Å²) < 4.78 is 17.7. The van der Waals surface area contributed by atoms with E-state index >= 15 is 0 Å². The van der Waals surface area contributed by atoms with Crippen molar-refractivity contribution >= 4 is 44.5 Å². The molecule has 1 atom stereocenters.